The molecule has 0 aliphatic heterocycles. The number of rotatable bonds is 2. The van der Waals surface area contributed by atoms with Crippen molar-refractivity contribution in [2.45, 2.75) is 6.61 Å². The number of aromatic nitrogens is 2. The Labute approximate surface area is 102 Å². The van der Waals surface area contributed by atoms with E-state index < -0.39 is 0 Å². The molecule has 2 rings (SSSR count). The monoisotopic (exact) mass is 258 g/mol. The molecule has 16 heavy (non-hydrogen) atoms. The van der Waals surface area contributed by atoms with Crippen LogP contribution in [0.15, 0.2) is 12.1 Å². The summed E-state index contributed by atoms with van der Waals surface area (Å²) in [5.41, 5.74) is 1.21. The molecule has 0 spiro atoms. The number of halogens is 2. The van der Waals surface area contributed by atoms with Crippen LogP contribution < -0.4 is 4.74 Å². The molecule has 0 unspecified atom stereocenters. The van der Waals surface area contributed by atoms with Crippen molar-refractivity contribution < 1.29 is 9.84 Å². The average Bonchev–Trinajstić information content (AvgIpc) is 2.27. The van der Waals surface area contributed by atoms with Gasteiger partial charge >= 0.3 is 0 Å². The van der Waals surface area contributed by atoms with Gasteiger partial charge in [-0.15, -0.1) is 0 Å². The van der Waals surface area contributed by atoms with Crippen LogP contribution in [0.1, 0.15) is 5.56 Å². The van der Waals surface area contributed by atoms with Crippen molar-refractivity contribution in [1.29, 1.82) is 0 Å². The first-order valence-corrected chi connectivity index (χ1v) is 5.22. The molecule has 1 aromatic carbocycles. The maximum absolute atomic E-state index is 9.16. The molecule has 0 atom stereocenters. The second-order valence-corrected chi connectivity index (χ2v) is 3.82. The molecule has 0 aliphatic carbocycles. The maximum atomic E-state index is 9.16. The molecule has 1 N–H and O–H groups in total. The third kappa shape index (κ3) is 1.91. The summed E-state index contributed by atoms with van der Waals surface area (Å²) >= 11 is 11.6. The Morgan fingerprint density at radius 2 is 2.06 bits per heavy atom. The van der Waals surface area contributed by atoms with E-state index in [0.717, 1.165) is 0 Å². The van der Waals surface area contributed by atoms with Gasteiger partial charge in [0.25, 0.3) is 0 Å². The Bertz CT molecular complexity index is 546. The summed E-state index contributed by atoms with van der Waals surface area (Å²) in [5.74, 6) is 0.542. The van der Waals surface area contributed by atoms with Gasteiger partial charge in [0.1, 0.15) is 10.9 Å². The predicted octanol–water partition coefficient (Wildman–Crippen LogP) is 2.44. The van der Waals surface area contributed by atoms with Crippen molar-refractivity contribution in [3.05, 3.63) is 28.1 Å². The lowest BCUT2D eigenvalue weighted by Crippen LogP contribution is -1.94. The van der Waals surface area contributed by atoms with Gasteiger partial charge in [-0.05, 0) is 17.7 Å². The van der Waals surface area contributed by atoms with Gasteiger partial charge in [0.05, 0.1) is 19.2 Å². The van der Waals surface area contributed by atoms with E-state index >= 15 is 0 Å². The number of methoxy groups -OCH3 is 1. The topological polar surface area (TPSA) is 55.2 Å². The molecule has 0 aliphatic rings. The second kappa shape index (κ2) is 4.41. The fraction of sp³-hybridized carbons (Fsp3) is 0.200. The molecule has 84 valence electrons. The summed E-state index contributed by atoms with van der Waals surface area (Å²) in [5, 5.41) is 10.1. The van der Waals surface area contributed by atoms with Gasteiger partial charge in [-0.1, -0.05) is 11.6 Å². The lowest BCUT2D eigenvalue weighted by molar-refractivity contribution is 0.274. The minimum absolute atomic E-state index is 0.0799. The van der Waals surface area contributed by atoms with Crippen molar-refractivity contribution in [3.63, 3.8) is 0 Å². The minimum Gasteiger partial charge on any atom is -0.496 e. The lowest BCUT2D eigenvalue weighted by Gasteiger charge is -2.08. The molecule has 0 saturated carbocycles. The zero-order valence-electron chi connectivity index (χ0n) is 8.37. The van der Waals surface area contributed by atoms with E-state index in [1.54, 1.807) is 12.1 Å². The molecule has 6 heteroatoms. The standard InChI is InChI=1S/C10H8Cl2N2O2/c1-16-8-3-7-6(2-5(8)4-15)9(11)14-10(12)13-7/h2-3,15H,4H2,1H3. The summed E-state index contributed by atoms with van der Waals surface area (Å²) in [6.07, 6.45) is 0. The second-order valence-electron chi connectivity index (χ2n) is 3.12. The maximum Gasteiger partial charge on any atom is 0.224 e. The average molecular weight is 259 g/mol. The Morgan fingerprint density at radius 3 is 2.69 bits per heavy atom. The van der Waals surface area contributed by atoms with Crippen LogP contribution >= 0.6 is 23.2 Å². The van der Waals surface area contributed by atoms with Gasteiger partial charge in [-0.25, -0.2) is 9.97 Å². The highest BCUT2D eigenvalue weighted by molar-refractivity contribution is 6.35. The number of nitrogens with zero attached hydrogens (tertiary/aromatic N) is 2. The van der Waals surface area contributed by atoms with E-state index in [9.17, 15) is 0 Å². The van der Waals surface area contributed by atoms with Crippen molar-refractivity contribution in [3.8, 4) is 5.75 Å². The molecule has 4 nitrogen and oxygen atoms in total. The number of hydrogen-bond donors (Lipinski definition) is 1. The Hall–Kier alpha value is -1.10. The number of fused-ring (bicyclic) bond motifs is 1. The smallest absolute Gasteiger partial charge is 0.224 e. The van der Waals surface area contributed by atoms with Gasteiger partial charge in [-0.3, -0.25) is 0 Å². The largest absolute Gasteiger partial charge is 0.496 e. The van der Waals surface area contributed by atoms with Crippen LogP contribution in [0.2, 0.25) is 10.4 Å². The third-order valence-electron chi connectivity index (χ3n) is 2.19. The SMILES string of the molecule is COc1cc2nc(Cl)nc(Cl)c2cc1CO. The summed E-state index contributed by atoms with van der Waals surface area (Å²) in [6, 6.07) is 3.35. The third-order valence-corrected chi connectivity index (χ3v) is 2.65. The van der Waals surface area contributed by atoms with E-state index in [4.69, 9.17) is 33.0 Å². The van der Waals surface area contributed by atoms with Gasteiger partial charge in [0, 0.05) is 17.0 Å². The number of ether oxygens (including phenoxy) is 1. The van der Waals surface area contributed by atoms with Crippen molar-refractivity contribution in [1.82, 2.24) is 9.97 Å². The van der Waals surface area contributed by atoms with Crippen LogP contribution in [0.5, 0.6) is 5.75 Å². The molecule has 0 bridgehead atoms. The molecular weight excluding hydrogens is 251 g/mol. The van der Waals surface area contributed by atoms with Crippen LogP contribution in [0.4, 0.5) is 0 Å². The van der Waals surface area contributed by atoms with Crippen molar-refractivity contribution >= 4 is 34.1 Å². The fourth-order valence-electron chi connectivity index (χ4n) is 1.45. The van der Waals surface area contributed by atoms with Gasteiger partial charge in [0.2, 0.25) is 5.28 Å². The quantitative estimate of drug-likeness (QED) is 0.664. The van der Waals surface area contributed by atoms with Crippen LogP contribution in [0, 0.1) is 0 Å². The predicted molar refractivity (Wildman–Crippen MR) is 62.0 cm³/mol. The molecule has 0 radical (unpaired) electrons. The highest BCUT2D eigenvalue weighted by Crippen LogP contribution is 2.29. The molecule has 2 aromatic rings. The first-order chi connectivity index (χ1) is 7.65. The van der Waals surface area contributed by atoms with E-state index in [2.05, 4.69) is 9.97 Å². The minimum atomic E-state index is -0.141. The first-order valence-electron chi connectivity index (χ1n) is 4.46. The number of aliphatic hydroxyl groups is 1. The summed E-state index contributed by atoms with van der Waals surface area (Å²) < 4.78 is 5.12. The number of aliphatic hydroxyl groups excluding tert-OH is 1. The van der Waals surface area contributed by atoms with Crippen molar-refractivity contribution in [2.75, 3.05) is 7.11 Å². The zero-order valence-corrected chi connectivity index (χ0v) is 9.88. The van der Waals surface area contributed by atoms with Crippen LogP contribution in [0.3, 0.4) is 0 Å². The zero-order chi connectivity index (χ0) is 11.7. The van der Waals surface area contributed by atoms with Crippen LogP contribution in [-0.4, -0.2) is 22.2 Å². The van der Waals surface area contributed by atoms with Crippen molar-refractivity contribution in [2.24, 2.45) is 0 Å². The van der Waals surface area contributed by atoms with E-state index in [1.807, 2.05) is 0 Å². The van der Waals surface area contributed by atoms with Crippen LogP contribution in [0.25, 0.3) is 10.9 Å². The van der Waals surface area contributed by atoms with Gasteiger partial charge in [-0.2, -0.15) is 0 Å². The van der Waals surface area contributed by atoms with E-state index in [1.165, 1.54) is 7.11 Å². The highest BCUT2D eigenvalue weighted by atomic mass is 35.5. The molecule has 1 aromatic heterocycles. The van der Waals surface area contributed by atoms with Gasteiger partial charge in [0.15, 0.2) is 0 Å². The fourth-order valence-corrected chi connectivity index (χ4v) is 1.90. The Balaban J connectivity index is 2.78. The Morgan fingerprint density at radius 1 is 1.31 bits per heavy atom. The molecular formula is C10H8Cl2N2O2. The highest BCUT2D eigenvalue weighted by Gasteiger charge is 2.10. The molecule has 1 heterocycles. The number of hydrogen-bond acceptors (Lipinski definition) is 4. The lowest BCUT2D eigenvalue weighted by atomic mass is 10.1. The molecule has 0 saturated heterocycles. The molecule has 0 amide bonds. The summed E-state index contributed by atoms with van der Waals surface area (Å²) in [4.78, 5) is 7.86. The van der Waals surface area contributed by atoms with E-state index in [-0.39, 0.29) is 17.0 Å². The molecule has 0 fully saturated rings. The summed E-state index contributed by atoms with van der Waals surface area (Å²) in [6.45, 7) is -0.141. The first kappa shape index (κ1) is 11.4. The normalized spacial score (nSPS) is 10.8. The Kier molecular flexibility index (Phi) is 3.14. The van der Waals surface area contributed by atoms with Gasteiger partial charge < -0.3 is 9.84 Å². The van der Waals surface area contributed by atoms with E-state index in [0.29, 0.717) is 22.2 Å². The summed E-state index contributed by atoms with van der Waals surface area (Å²) in [7, 11) is 1.52. The van der Waals surface area contributed by atoms with Crippen LogP contribution in [-0.2, 0) is 6.61 Å². The number of benzene rings is 1.